The lowest BCUT2D eigenvalue weighted by Gasteiger charge is -2.21. The molecule has 0 fully saturated rings. The molecule has 31 heavy (non-hydrogen) atoms. The number of hydrogen-bond acceptors (Lipinski definition) is 4. The highest BCUT2D eigenvalue weighted by Gasteiger charge is 2.26. The van der Waals surface area contributed by atoms with Crippen LogP contribution in [0.2, 0.25) is 0 Å². The highest BCUT2D eigenvalue weighted by Crippen LogP contribution is 2.29. The summed E-state index contributed by atoms with van der Waals surface area (Å²) < 4.78 is 20.6. The van der Waals surface area contributed by atoms with Crippen LogP contribution in [0.15, 0.2) is 30.3 Å². The van der Waals surface area contributed by atoms with E-state index in [-0.39, 0.29) is 23.2 Å². The van der Waals surface area contributed by atoms with E-state index >= 15 is 0 Å². The minimum Gasteiger partial charge on any atom is -0.492 e. The van der Waals surface area contributed by atoms with E-state index < -0.39 is 0 Å². The molecular formula is C24H31FN4O2. The molecule has 0 atom stereocenters. The third-order valence-corrected chi connectivity index (χ3v) is 5.15. The Balaban J connectivity index is 1.90. The van der Waals surface area contributed by atoms with Crippen LogP contribution in [0, 0.1) is 12.7 Å². The fourth-order valence-corrected chi connectivity index (χ4v) is 3.38. The van der Waals surface area contributed by atoms with E-state index in [9.17, 15) is 9.18 Å². The minimum atomic E-state index is -0.312. The zero-order valence-corrected chi connectivity index (χ0v) is 19.4. The van der Waals surface area contributed by atoms with E-state index in [0.29, 0.717) is 24.5 Å². The first-order chi connectivity index (χ1) is 14.5. The van der Waals surface area contributed by atoms with Gasteiger partial charge in [-0.25, -0.2) is 14.1 Å². The molecular weight excluding hydrogens is 395 g/mol. The molecule has 7 heteroatoms. The number of rotatable bonds is 6. The molecule has 0 aliphatic rings. The highest BCUT2D eigenvalue weighted by molar-refractivity contribution is 6.06. The molecule has 0 radical (unpaired) electrons. The molecule has 1 aromatic carbocycles. The number of carbonyl (C=O) groups excluding carboxylic acids is 1. The van der Waals surface area contributed by atoms with Crippen molar-refractivity contribution in [1.82, 2.24) is 19.7 Å². The molecule has 3 rings (SSSR count). The summed E-state index contributed by atoms with van der Waals surface area (Å²) in [5.74, 6) is 0.326. The summed E-state index contributed by atoms with van der Waals surface area (Å²) in [6.45, 7) is 13.0. The largest absolute Gasteiger partial charge is 0.492 e. The molecule has 0 saturated carbocycles. The molecule has 3 aromatic rings. The summed E-state index contributed by atoms with van der Waals surface area (Å²) in [5.41, 5.74) is 2.72. The van der Waals surface area contributed by atoms with Crippen LogP contribution in [-0.2, 0) is 5.54 Å². The van der Waals surface area contributed by atoms with Crippen molar-refractivity contribution < 1.29 is 13.9 Å². The standard InChI is InChI=1S/C24H31FN4O2/c1-15(2)20-14-19(21-16(3)27-29(22(21)26-20)24(4,5)6)23(30)28(7)12-13-31-18-10-8-17(25)9-11-18/h8-11,14-15H,12-13H2,1-7H3. The van der Waals surface area contributed by atoms with Crippen molar-refractivity contribution in [2.75, 3.05) is 20.2 Å². The van der Waals surface area contributed by atoms with Gasteiger partial charge < -0.3 is 9.64 Å². The van der Waals surface area contributed by atoms with E-state index in [1.54, 1.807) is 24.1 Å². The average Bonchev–Trinajstić information content (AvgIpc) is 3.05. The van der Waals surface area contributed by atoms with Gasteiger partial charge in [0.05, 0.1) is 28.7 Å². The number of halogens is 1. The van der Waals surface area contributed by atoms with Gasteiger partial charge in [-0.1, -0.05) is 13.8 Å². The lowest BCUT2D eigenvalue weighted by molar-refractivity contribution is 0.0775. The maximum Gasteiger partial charge on any atom is 0.254 e. The van der Waals surface area contributed by atoms with Crippen LogP contribution in [0.4, 0.5) is 4.39 Å². The maximum atomic E-state index is 13.4. The second-order valence-electron chi connectivity index (χ2n) is 9.15. The van der Waals surface area contributed by atoms with Crippen molar-refractivity contribution in [3.8, 4) is 5.75 Å². The Kier molecular flexibility index (Phi) is 6.34. The second kappa shape index (κ2) is 8.65. The number of hydrogen-bond donors (Lipinski definition) is 0. The van der Waals surface area contributed by atoms with Crippen LogP contribution in [0.3, 0.4) is 0 Å². The average molecular weight is 427 g/mol. The number of likely N-dealkylation sites (N-methyl/N-ethyl adjacent to an activating group) is 1. The number of aryl methyl sites for hydroxylation is 1. The van der Waals surface area contributed by atoms with Gasteiger partial charge in [-0.15, -0.1) is 0 Å². The van der Waals surface area contributed by atoms with Crippen LogP contribution < -0.4 is 4.74 Å². The molecule has 2 aromatic heterocycles. The van der Waals surface area contributed by atoms with Crippen molar-refractivity contribution in [3.05, 3.63) is 53.1 Å². The molecule has 0 bridgehead atoms. The number of pyridine rings is 1. The molecule has 0 N–H and O–H groups in total. The Morgan fingerprint density at radius 2 is 1.87 bits per heavy atom. The normalized spacial score (nSPS) is 11.9. The third kappa shape index (κ3) is 4.86. The van der Waals surface area contributed by atoms with Crippen LogP contribution >= 0.6 is 0 Å². The Morgan fingerprint density at radius 1 is 1.23 bits per heavy atom. The number of aromatic nitrogens is 3. The van der Waals surface area contributed by atoms with E-state index in [1.165, 1.54) is 12.1 Å². The molecule has 0 spiro atoms. The summed E-state index contributed by atoms with van der Waals surface area (Å²) in [6, 6.07) is 7.72. The number of fused-ring (bicyclic) bond motifs is 1. The van der Waals surface area contributed by atoms with Crippen LogP contribution in [-0.4, -0.2) is 45.8 Å². The number of amides is 1. The van der Waals surface area contributed by atoms with Gasteiger partial charge in [-0.3, -0.25) is 4.79 Å². The molecule has 6 nitrogen and oxygen atoms in total. The molecule has 2 heterocycles. The number of benzene rings is 1. The van der Waals surface area contributed by atoms with Crippen molar-refractivity contribution in [3.63, 3.8) is 0 Å². The zero-order chi connectivity index (χ0) is 22.9. The fraction of sp³-hybridized carbons (Fsp3) is 0.458. The van der Waals surface area contributed by atoms with E-state index in [1.807, 2.05) is 17.7 Å². The van der Waals surface area contributed by atoms with Crippen LogP contribution in [0.1, 0.15) is 62.3 Å². The molecule has 1 amide bonds. The quantitative estimate of drug-likeness (QED) is 0.562. The highest BCUT2D eigenvalue weighted by atomic mass is 19.1. The summed E-state index contributed by atoms with van der Waals surface area (Å²) >= 11 is 0. The van der Waals surface area contributed by atoms with Crippen LogP contribution in [0.25, 0.3) is 11.0 Å². The molecule has 0 unspecified atom stereocenters. The van der Waals surface area contributed by atoms with Gasteiger partial charge >= 0.3 is 0 Å². The van der Waals surface area contributed by atoms with E-state index in [4.69, 9.17) is 14.8 Å². The molecule has 0 aliphatic heterocycles. The van der Waals surface area contributed by atoms with Crippen LogP contribution in [0.5, 0.6) is 5.75 Å². The Hall–Kier alpha value is -2.96. The number of ether oxygens (including phenoxy) is 1. The smallest absolute Gasteiger partial charge is 0.254 e. The number of carbonyl (C=O) groups is 1. The first-order valence-electron chi connectivity index (χ1n) is 10.5. The van der Waals surface area contributed by atoms with Crippen molar-refractivity contribution in [2.24, 2.45) is 0 Å². The molecule has 0 aliphatic carbocycles. The second-order valence-corrected chi connectivity index (χ2v) is 9.15. The summed E-state index contributed by atoms with van der Waals surface area (Å²) in [4.78, 5) is 19.9. The Bertz CT molecular complexity index is 1080. The number of nitrogens with zero attached hydrogens (tertiary/aromatic N) is 4. The fourth-order valence-electron chi connectivity index (χ4n) is 3.38. The van der Waals surface area contributed by atoms with Gasteiger partial charge in [0.2, 0.25) is 0 Å². The predicted molar refractivity (Wildman–Crippen MR) is 120 cm³/mol. The van der Waals surface area contributed by atoms with E-state index in [0.717, 1.165) is 22.4 Å². The first-order valence-corrected chi connectivity index (χ1v) is 10.5. The Labute approximate surface area is 183 Å². The van der Waals surface area contributed by atoms with Gasteiger partial charge in [0.1, 0.15) is 18.2 Å². The Morgan fingerprint density at radius 3 is 2.45 bits per heavy atom. The summed E-state index contributed by atoms with van der Waals surface area (Å²) in [6.07, 6.45) is 0. The lowest BCUT2D eigenvalue weighted by Crippen LogP contribution is -2.31. The van der Waals surface area contributed by atoms with Gasteiger partial charge in [0, 0.05) is 12.7 Å². The van der Waals surface area contributed by atoms with Gasteiger partial charge in [-0.2, -0.15) is 5.10 Å². The SMILES string of the molecule is Cc1nn(C(C)(C)C)c2nc(C(C)C)cc(C(=O)N(C)CCOc3ccc(F)cc3)c12. The third-order valence-electron chi connectivity index (χ3n) is 5.15. The maximum absolute atomic E-state index is 13.4. The topological polar surface area (TPSA) is 60.2 Å². The van der Waals surface area contributed by atoms with Gasteiger partial charge in [0.15, 0.2) is 5.65 Å². The predicted octanol–water partition coefficient (Wildman–Crippen LogP) is 4.91. The van der Waals surface area contributed by atoms with Gasteiger partial charge in [0.25, 0.3) is 5.91 Å². The van der Waals surface area contributed by atoms with Crippen molar-refractivity contribution >= 4 is 16.9 Å². The summed E-state index contributed by atoms with van der Waals surface area (Å²) in [5, 5.41) is 5.49. The minimum absolute atomic E-state index is 0.103. The van der Waals surface area contributed by atoms with Crippen molar-refractivity contribution in [1.29, 1.82) is 0 Å². The molecule has 166 valence electrons. The molecule has 0 saturated heterocycles. The summed E-state index contributed by atoms with van der Waals surface area (Å²) in [7, 11) is 1.75. The first kappa shape index (κ1) is 22.7. The van der Waals surface area contributed by atoms with Crippen molar-refractivity contribution in [2.45, 2.75) is 53.0 Å². The van der Waals surface area contributed by atoms with E-state index in [2.05, 4.69) is 34.6 Å². The zero-order valence-electron chi connectivity index (χ0n) is 19.4. The monoisotopic (exact) mass is 426 g/mol. The van der Waals surface area contributed by atoms with Gasteiger partial charge in [-0.05, 0) is 63.9 Å². The lowest BCUT2D eigenvalue weighted by atomic mass is 10.0.